The van der Waals surface area contributed by atoms with Crippen LogP contribution in [0.5, 0.6) is 5.75 Å². The highest BCUT2D eigenvalue weighted by atomic mass is 16.5. The van der Waals surface area contributed by atoms with Gasteiger partial charge in [-0.2, -0.15) is 0 Å². The van der Waals surface area contributed by atoms with Crippen LogP contribution < -0.4 is 15.4 Å². The third kappa shape index (κ3) is 4.62. The smallest absolute Gasteiger partial charge is 0.321 e. The largest absolute Gasteiger partial charge is 0.481 e. The lowest BCUT2D eigenvalue weighted by atomic mass is 10.1. The third-order valence-electron chi connectivity index (χ3n) is 2.58. The van der Waals surface area contributed by atoms with Crippen molar-refractivity contribution < 1.29 is 14.3 Å². The number of imide groups is 1. The molecule has 0 bridgehead atoms. The Morgan fingerprint density at radius 2 is 2.00 bits per heavy atom. The van der Waals surface area contributed by atoms with Crippen molar-refractivity contribution in [2.24, 2.45) is 0 Å². The molecule has 1 aromatic rings. The fraction of sp³-hybridized carbons (Fsp3) is 0.429. The van der Waals surface area contributed by atoms with E-state index in [1.807, 2.05) is 32.0 Å². The van der Waals surface area contributed by atoms with Crippen molar-refractivity contribution in [1.82, 2.24) is 10.6 Å². The summed E-state index contributed by atoms with van der Waals surface area (Å²) in [5, 5.41) is 4.71. The number of urea groups is 1. The normalized spacial score (nSPS) is 11.6. The van der Waals surface area contributed by atoms with E-state index in [0.717, 1.165) is 11.1 Å². The van der Waals surface area contributed by atoms with Crippen LogP contribution in [0.15, 0.2) is 18.2 Å². The molecular formula is C14H20N2O3. The van der Waals surface area contributed by atoms with E-state index in [9.17, 15) is 9.59 Å². The summed E-state index contributed by atoms with van der Waals surface area (Å²) in [4.78, 5) is 22.9. The number of carbonyl (C=O) groups is 2. The van der Waals surface area contributed by atoms with Gasteiger partial charge in [0.25, 0.3) is 5.91 Å². The predicted octanol–water partition coefficient (Wildman–Crippen LogP) is 1.92. The second-order valence-electron chi connectivity index (χ2n) is 4.38. The molecular weight excluding hydrogens is 244 g/mol. The van der Waals surface area contributed by atoms with Crippen LogP contribution in [0.25, 0.3) is 0 Å². The lowest BCUT2D eigenvalue weighted by molar-refractivity contribution is -0.126. The van der Waals surface area contributed by atoms with Crippen LogP contribution in [0.2, 0.25) is 0 Å². The van der Waals surface area contributed by atoms with Gasteiger partial charge in [-0.25, -0.2) is 4.79 Å². The Morgan fingerprint density at radius 3 is 2.58 bits per heavy atom. The van der Waals surface area contributed by atoms with Crippen LogP contribution in [0.3, 0.4) is 0 Å². The van der Waals surface area contributed by atoms with Gasteiger partial charge in [0.1, 0.15) is 5.75 Å². The minimum Gasteiger partial charge on any atom is -0.481 e. The van der Waals surface area contributed by atoms with Gasteiger partial charge in [-0.05, 0) is 39.3 Å². The number of nitrogens with one attached hydrogen (secondary N) is 2. The van der Waals surface area contributed by atoms with Crippen LogP contribution in [0, 0.1) is 13.8 Å². The Kier molecular flexibility index (Phi) is 5.36. The average molecular weight is 264 g/mol. The summed E-state index contributed by atoms with van der Waals surface area (Å²) >= 11 is 0. The van der Waals surface area contributed by atoms with Crippen molar-refractivity contribution in [3.8, 4) is 5.75 Å². The van der Waals surface area contributed by atoms with E-state index in [1.54, 1.807) is 13.8 Å². The summed E-state index contributed by atoms with van der Waals surface area (Å²) in [5.41, 5.74) is 2.09. The van der Waals surface area contributed by atoms with Gasteiger partial charge < -0.3 is 10.1 Å². The van der Waals surface area contributed by atoms with Gasteiger partial charge in [0.05, 0.1) is 0 Å². The Morgan fingerprint density at radius 1 is 1.32 bits per heavy atom. The molecule has 1 atom stereocenters. The van der Waals surface area contributed by atoms with Crippen LogP contribution in [0.4, 0.5) is 4.79 Å². The molecule has 0 radical (unpaired) electrons. The molecule has 0 spiro atoms. The maximum atomic E-state index is 11.7. The molecule has 0 aromatic heterocycles. The SMILES string of the molecule is CCNC(=O)NC(=O)C(C)Oc1ccc(C)cc1C. The van der Waals surface area contributed by atoms with Gasteiger partial charge in [-0.15, -0.1) is 0 Å². The molecule has 104 valence electrons. The lowest BCUT2D eigenvalue weighted by Crippen LogP contribution is -2.45. The Labute approximate surface area is 113 Å². The van der Waals surface area contributed by atoms with Crippen molar-refractivity contribution in [3.63, 3.8) is 0 Å². The summed E-state index contributed by atoms with van der Waals surface area (Å²) in [7, 11) is 0. The topological polar surface area (TPSA) is 67.4 Å². The summed E-state index contributed by atoms with van der Waals surface area (Å²) in [6, 6.07) is 5.20. The first-order valence-corrected chi connectivity index (χ1v) is 6.26. The number of hydrogen-bond acceptors (Lipinski definition) is 3. The zero-order chi connectivity index (χ0) is 14.4. The minimum absolute atomic E-state index is 0.464. The monoisotopic (exact) mass is 264 g/mol. The Balaban J connectivity index is 2.61. The zero-order valence-electron chi connectivity index (χ0n) is 11.7. The van der Waals surface area contributed by atoms with Crippen LogP contribution in [-0.4, -0.2) is 24.6 Å². The van der Waals surface area contributed by atoms with Crippen molar-refractivity contribution in [2.45, 2.75) is 33.8 Å². The second-order valence-corrected chi connectivity index (χ2v) is 4.38. The molecule has 5 heteroatoms. The first-order valence-electron chi connectivity index (χ1n) is 6.26. The van der Waals surface area contributed by atoms with E-state index in [-0.39, 0.29) is 0 Å². The molecule has 0 saturated carbocycles. The molecule has 0 saturated heterocycles. The fourth-order valence-electron chi connectivity index (χ4n) is 1.59. The maximum Gasteiger partial charge on any atom is 0.321 e. The predicted molar refractivity (Wildman–Crippen MR) is 73.2 cm³/mol. The van der Waals surface area contributed by atoms with E-state index in [1.165, 1.54) is 0 Å². The van der Waals surface area contributed by atoms with Crippen LogP contribution in [0.1, 0.15) is 25.0 Å². The van der Waals surface area contributed by atoms with Crippen molar-refractivity contribution in [1.29, 1.82) is 0 Å². The van der Waals surface area contributed by atoms with E-state index >= 15 is 0 Å². The molecule has 0 fully saturated rings. The molecule has 1 rings (SSSR count). The molecule has 0 aliphatic carbocycles. The molecule has 0 aliphatic heterocycles. The number of ether oxygens (including phenoxy) is 1. The quantitative estimate of drug-likeness (QED) is 0.873. The van der Waals surface area contributed by atoms with Gasteiger partial charge in [0.15, 0.2) is 6.10 Å². The first kappa shape index (κ1) is 15.0. The minimum atomic E-state index is -0.732. The number of carbonyl (C=O) groups excluding carboxylic acids is 2. The molecule has 0 heterocycles. The highest BCUT2D eigenvalue weighted by Gasteiger charge is 2.17. The summed E-state index contributed by atoms with van der Waals surface area (Å²) in [6.45, 7) is 7.75. The number of benzene rings is 1. The molecule has 2 N–H and O–H groups in total. The molecule has 3 amide bonds. The molecule has 1 aromatic carbocycles. The molecule has 5 nitrogen and oxygen atoms in total. The summed E-state index contributed by atoms with van der Waals surface area (Å²) in [6.07, 6.45) is -0.732. The van der Waals surface area contributed by atoms with E-state index in [2.05, 4.69) is 10.6 Å². The zero-order valence-corrected chi connectivity index (χ0v) is 11.7. The highest BCUT2D eigenvalue weighted by molar-refractivity contribution is 5.96. The van der Waals surface area contributed by atoms with Gasteiger partial charge in [-0.3, -0.25) is 10.1 Å². The van der Waals surface area contributed by atoms with E-state index in [4.69, 9.17) is 4.74 Å². The van der Waals surface area contributed by atoms with Gasteiger partial charge in [0.2, 0.25) is 0 Å². The molecule has 19 heavy (non-hydrogen) atoms. The van der Waals surface area contributed by atoms with Crippen LogP contribution in [-0.2, 0) is 4.79 Å². The third-order valence-corrected chi connectivity index (χ3v) is 2.58. The fourth-order valence-corrected chi connectivity index (χ4v) is 1.59. The molecule has 0 aliphatic rings. The standard InChI is InChI=1S/C14H20N2O3/c1-5-15-14(18)16-13(17)11(4)19-12-7-6-9(2)8-10(12)3/h6-8,11H,5H2,1-4H3,(H2,15,16,17,18). The lowest BCUT2D eigenvalue weighted by Gasteiger charge is -2.16. The molecule has 1 unspecified atom stereocenters. The van der Waals surface area contributed by atoms with Crippen molar-refractivity contribution in [3.05, 3.63) is 29.3 Å². The van der Waals surface area contributed by atoms with E-state index < -0.39 is 18.0 Å². The first-order chi connectivity index (χ1) is 8.93. The Hall–Kier alpha value is -2.04. The van der Waals surface area contributed by atoms with E-state index in [0.29, 0.717) is 12.3 Å². The van der Waals surface area contributed by atoms with Gasteiger partial charge in [-0.1, -0.05) is 17.7 Å². The van der Waals surface area contributed by atoms with Crippen LogP contribution >= 0.6 is 0 Å². The summed E-state index contributed by atoms with van der Waals surface area (Å²) < 4.78 is 5.55. The van der Waals surface area contributed by atoms with Gasteiger partial charge in [0, 0.05) is 6.54 Å². The summed E-state index contributed by atoms with van der Waals surface area (Å²) in [5.74, 6) is 0.176. The van der Waals surface area contributed by atoms with Crippen molar-refractivity contribution >= 4 is 11.9 Å². The maximum absolute atomic E-state index is 11.7. The second kappa shape index (κ2) is 6.78. The number of amides is 3. The number of hydrogen-bond donors (Lipinski definition) is 2. The van der Waals surface area contributed by atoms with Gasteiger partial charge >= 0.3 is 6.03 Å². The number of aryl methyl sites for hydroxylation is 2. The van der Waals surface area contributed by atoms with Crippen molar-refractivity contribution in [2.75, 3.05) is 6.54 Å². The number of rotatable bonds is 4. The average Bonchev–Trinajstić information content (AvgIpc) is 2.32. The Bertz CT molecular complexity index is 472. The highest BCUT2D eigenvalue weighted by Crippen LogP contribution is 2.19.